The number of esters is 2. The third-order valence-corrected chi connectivity index (χ3v) is 7.79. The van der Waals surface area contributed by atoms with Crippen LogP contribution in [0.4, 0.5) is 0 Å². The molecule has 0 spiro atoms. The standard InChI is InChI=1S/C32H33ClN2O6/c1-2-39-29(36)21-40-31(37)26-7-3-9-28-27(26)20-22(25-8-4-16-34-30(25)41-28)6-5-17-35-18-14-32(38,15-19-35)23-10-12-24(33)13-11-23/h3-4,6-13,16,20,26,38H,2,5,14-15,17-19,21H2,1H3. The first-order chi connectivity index (χ1) is 19.9. The maximum atomic E-state index is 13.0. The summed E-state index contributed by atoms with van der Waals surface area (Å²) in [6.45, 7) is 3.82. The van der Waals surface area contributed by atoms with Gasteiger partial charge in [0.25, 0.3) is 0 Å². The molecule has 3 aliphatic rings. The number of pyridine rings is 1. The van der Waals surface area contributed by atoms with E-state index in [1.165, 1.54) is 0 Å². The zero-order valence-corrected chi connectivity index (χ0v) is 23.7. The van der Waals surface area contributed by atoms with Crippen molar-refractivity contribution in [3.63, 3.8) is 0 Å². The van der Waals surface area contributed by atoms with Gasteiger partial charge in [0.05, 0.1) is 12.2 Å². The minimum absolute atomic E-state index is 0.214. The first-order valence-electron chi connectivity index (χ1n) is 13.8. The highest BCUT2D eigenvalue weighted by Crippen LogP contribution is 2.38. The number of hydrogen-bond donors (Lipinski definition) is 1. The molecule has 1 N–H and O–H groups in total. The molecule has 1 aromatic heterocycles. The number of carbonyl (C=O) groups is 2. The van der Waals surface area contributed by atoms with Gasteiger partial charge in [-0.3, -0.25) is 4.79 Å². The summed E-state index contributed by atoms with van der Waals surface area (Å²) in [5, 5.41) is 11.9. The van der Waals surface area contributed by atoms with Crippen LogP contribution in [-0.2, 0) is 24.7 Å². The van der Waals surface area contributed by atoms with E-state index in [-0.39, 0.29) is 6.61 Å². The lowest BCUT2D eigenvalue weighted by Gasteiger charge is -2.38. The van der Waals surface area contributed by atoms with Crippen LogP contribution >= 0.6 is 11.6 Å². The topological polar surface area (TPSA) is 98.2 Å². The van der Waals surface area contributed by atoms with Crippen molar-refractivity contribution in [3.05, 3.63) is 100 Å². The van der Waals surface area contributed by atoms with Gasteiger partial charge in [0.1, 0.15) is 11.7 Å². The number of likely N-dealkylation sites (tertiary alicyclic amines) is 1. The molecule has 1 aliphatic carbocycles. The number of carbonyl (C=O) groups excluding carboxylic acids is 2. The number of benzene rings is 1. The van der Waals surface area contributed by atoms with Gasteiger partial charge in [-0.25, -0.2) is 9.78 Å². The first kappa shape index (κ1) is 28.8. The third kappa shape index (κ3) is 6.78. The summed E-state index contributed by atoms with van der Waals surface area (Å²) in [7, 11) is 0. The van der Waals surface area contributed by atoms with E-state index in [1.54, 1.807) is 31.3 Å². The fourth-order valence-electron chi connectivity index (χ4n) is 5.30. The van der Waals surface area contributed by atoms with E-state index >= 15 is 0 Å². The van der Waals surface area contributed by atoms with E-state index in [4.69, 9.17) is 25.8 Å². The Hall–Kier alpha value is -3.72. The second kappa shape index (κ2) is 12.9. The highest BCUT2D eigenvalue weighted by molar-refractivity contribution is 6.30. The van der Waals surface area contributed by atoms with Gasteiger partial charge in [-0.2, -0.15) is 0 Å². The Morgan fingerprint density at radius 3 is 2.73 bits per heavy atom. The average molecular weight is 577 g/mol. The zero-order valence-electron chi connectivity index (χ0n) is 22.9. The zero-order chi connectivity index (χ0) is 28.8. The molecule has 0 bridgehead atoms. The van der Waals surface area contributed by atoms with E-state index < -0.39 is 30.1 Å². The Morgan fingerprint density at radius 1 is 1.20 bits per heavy atom. The molecule has 2 aliphatic heterocycles. The molecule has 1 saturated heterocycles. The van der Waals surface area contributed by atoms with Gasteiger partial charge in [-0.05, 0) is 73.7 Å². The van der Waals surface area contributed by atoms with Crippen molar-refractivity contribution in [3.8, 4) is 5.88 Å². The summed E-state index contributed by atoms with van der Waals surface area (Å²) in [6, 6.07) is 11.2. The molecular formula is C32H33ClN2O6. The lowest BCUT2D eigenvalue weighted by molar-refractivity contribution is -0.159. The molecule has 2 aromatic rings. The summed E-state index contributed by atoms with van der Waals surface area (Å²) in [5.41, 5.74) is 2.40. The predicted octanol–water partition coefficient (Wildman–Crippen LogP) is 4.99. The van der Waals surface area contributed by atoms with E-state index in [2.05, 4.69) is 16.0 Å². The minimum Gasteiger partial charge on any atom is -0.463 e. The molecule has 3 heterocycles. The molecule has 41 heavy (non-hydrogen) atoms. The fourth-order valence-corrected chi connectivity index (χ4v) is 5.42. The average Bonchev–Trinajstić information content (AvgIpc) is 3.14. The Bertz CT molecular complexity index is 1400. The van der Waals surface area contributed by atoms with Gasteiger partial charge in [-0.1, -0.05) is 42.0 Å². The lowest BCUT2D eigenvalue weighted by atomic mass is 9.84. The van der Waals surface area contributed by atoms with Gasteiger partial charge >= 0.3 is 11.9 Å². The number of hydrogen-bond acceptors (Lipinski definition) is 8. The molecule has 1 atom stereocenters. The maximum absolute atomic E-state index is 13.0. The lowest BCUT2D eigenvalue weighted by Crippen LogP contribution is -2.42. The third-order valence-electron chi connectivity index (χ3n) is 7.54. The molecule has 9 heteroatoms. The van der Waals surface area contributed by atoms with Gasteiger partial charge < -0.3 is 24.2 Å². The first-order valence-corrected chi connectivity index (χ1v) is 14.2. The maximum Gasteiger partial charge on any atom is 0.344 e. The number of aromatic nitrogens is 1. The van der Waals surface area contributed by atoms with Crippen molar-refractivity contribution < 1.29 is 28.9 Å². The van der Waals surface area contributed by atoms with E-state index in [9.17, 15) is 14.7 Å². The predicted molar refractivity (Wildman–Crippen MR) is 155 cm³/mol. The van der Waals surface area contributed by atoms with Crippen LogP contribution in [0.3, 0.4) is 0 Å². The molecular weight excluding hydrogens is 544 g/mol. The van der Waals surface area contributed by atoms with Gasteiger partial charge in [0.2, 0.25) is 5.88 Å². The van der Waals surface area contributed by atoms with Gasteiger partial charge in [0.15, 0.2) is 6.61 Å². The van der Waals surface area contributed by atoms with Crippen molar-refractivity contribution >= 4 is 29.1 Å². The molecule has 0 amide bonds. The molecule has 1 unspecified atom stereocenters. The van der Waals surface area contributed by atoms with Crippen LogP contribution in [0.1, 0.15) is 37.3 Å². The Kier molecular flexibility index (Phi) is 9.03. The smallest absolute Gasteiger partial charge is 0.344 e. The van der Waals surface area contributed by atoms with Crippen molar-refractivity contribution in [2.75, 3.05) is 32.8 Å². The van der Waals surface area contributed by atoms with Crippen LogP contribution < -0.4 is 4.74 Å². The number of ether oxygens (including phenoxy) is 3. The summed E-state index contributed by atoms with van der Waals surface area (Å²) < 4.78 is 16.3. The largest absolute Gasteiger partial charge is 0.463 e. The molecule has 8 nitrogen and oxygen atoms in total. The van der Waals surface area contributed by atoms with Crippen LogP contribution in [0.2, 0.25) is 5.02 Å². The quantitative estimate of drug-likeness (QED) is 0.439. The SMILES string of the molecule is CCOC(=O)COC(=O)C1C=CC=C2Oc3ncccc3C(=CCCN3CCC(O)(c4ccc(Cl)cc4)CC3)C=C21. The van der Waals surface area contributed by atoms with Crippen LogP contribution in [0, 0.1) is 5.92 Å². The molecule has 5 rings (SSSR count). The summed E-state index contributed by atoms with van der Waals surface area (Å²) in [4.78, 5) is 31.5. The van der Waals surface area contributed by atoms with E-state index in [1.807, 2.05) is 42.5 Å². The Morgan fingerprint density at radius 2 is 1.98 bits per heavy atom. The number of halogens is 1. The Balaban J connectivity index is 1.29. The Labute approximate surface area is 244 Å². The van der Waals surface area contributed by atoms with Crippen molar-refractivity contribution in [1.82, 2.24) is 9.88 Å². The number of fused-ring (bicyclic) bond motifs is 2. The van der Waals surface area contributed by atoms with Gasteiger partial charge in [-0.15, -0.1) is 0 Å². The summed E-state index contributed by atoms with van der Waals surface area (Å²) in [6.07, 6.45) is 13.0. The van der Waals surface area contributed by atoms with Crippen LogP contribution in [0.25, 0.3) is 5.57 Å². The van der Waals surface area contributed by atoms with Crippen LogP contribution in [-0.4, -0.2) is 59.8 Å². The second-order valence-electron chi connectivity index (χ2n) is 10.2. The van der Waals surface area contributed by atoms with E-state index in [0.29, 0.717) is 35.1 Å². The molecule has 1 fully saturated rings. The van der Waals surface area contributed by atoms with Gasteiger partial charge in [0, 0.05) is 42.0 Å². The number of nitrogens with zero attached hydrogens (tertiary/aromatic N) is 2. The normalized spacial score (nSPS) is 20.6. The van der Waals surface area contributed by atoms with Crippen molar-refractivity contribution in [1.29, 1.82) is 0 Å². The van der Waals surface area contributed by atoms with E-state index in [0.717, 1.165) is 42.8 Å². The number of rotatable bonds is 8. The highest BCUT2D eigenvalue weighted by atomic mass is 35.5. The molecule has 214 valence electrons. The number of allylic oxidation sites excluding steroid dienone is 5. The molecule has 0 radical (unpaired) electrons. The molecule has 0 saturated carbocycles. The summed E-state index contributed by atoms with van der Waals surface area (Å²) >= 11 is 6.02. The molecule has 1 aromatic carbocycles. The second-order valence-corrected chi connectivity index (χ2v) is 10.6. The highest BCUT2D eigenvalue weighted by Gasteiger charge is 2.34. The number of aliphatic hydroxyl groups is 1. The summed E-state index contributed by atoms with van der Waals surface area (Å²) in [5.74, 6) is -0.934. The van der Waals surface area contributed by atoms with Crippen LogP contribution in [0.5, 0.6) is 5.88 Å². The number of piperidine rings is 1. The monoisotopic (exact) mass is 576 g/mol. The van der Waals surface area contributed by atoms with Crippen molar-refractivity contribution in [2.45, 2.75) is 31.8 Å². The van der Waals surface area contributed by atoms with Crippen LogP contribution in [0.15, 0.2) is 84.3 Å². The minimum atomic E-state index is -0.846. The van der Waals surface area contributed by atoms with Crippen molar-refractivity contribution in [2.24, 2.45) is 5.92 Å². The fraction of sp³-hybridized carbons (Fsp3) is 0.344.